The van der Waals surface area contributed by atoms with E-state index in [0.29, 0.717) is 0 Å². The Kier molecular flexibility index (Phi) is 2.66. The Morgan fingerprint density at radius 3 is 2.55 bits per heavy atom. The zero-order valence-corrected chi connectivity index (χ0v) is 7.09. The molecule has 0 unspecified atom stereocenters. The molecule has 1 aromatic carbocycles. The summed E-state index contributed by atoms with van der Waals surface area (Å²) in [6, 6.07) is 6.10. The predicted octanol–water partition coefficient (Wildman–Crippen LogP) is 2.05. The molecule has 1 nitrogen and oxygen atoms in total. The average molecular weight is 150 g/mol. The highest BCUT2D eigenvalue weighted by Gasteiger charge is 1.95. The summed E-state index contributed by atoms with van der Waals surface area (Å²) in [5, 5.41) is 8.83. The van der Waals surface area contributed by atoms with Crippen LogP contribution in [0, 0.1) is 6.92 Å². The Balaban J connectivity index is 2.99. The van der Waals surface area contributed by atoms with Crippen molar-refractivity contribution in [3.63, 3.8) is 0 Å². The van der Waals surface area contributed by atoms with Gasteiger partial charge < -0.3 is 5.11 Å². The monoisotopic (exact) mass is 150 g/mol. The van der Waals surface area contributed by atoms with Crippen LogP contribution in [0.25, 0.3) is 0 Å². The summed E-state index contributed by atoms with van der Waals surface area (Å²) in [4.78, 5) is 0. The molecule has 0 saturated heterocycles. The highest BCUT2D eigenvalue weighted by atomic mass is 16.3. The van der Waals surface area contributed by atoms with E-state index in [1.54, 1.807) is 0 Å². The molecule has 0 saturated carbocycles. The summed E-state index contributed by atoms with van der Waals surface area (Å²) >= 11 is 0. The van der Waals surface area contributed by atoms with Crippen LogP contribution in [-0.2, 0) is 13.0 Å². The first-order valence-electron chi connectivity index (χ1n) is 3.97. The van der Waals surface area contributed by atoms with Crippen LogP contribution in [0.15, 0.2) is 18.2 Å². The van der Waals surface area contributed by atoms with Gasteiger partial charge in [-0.15, -0.1) is 0 Å². The van der Waals surface area contributed by atoms with Gasteiger partial charge in [0.2, 0.25) is 0 Å². The molecule has 0 aliphatic rings. The highest BCUT2D eigenvalue weighted by molar-refractivity contribution is 5.30. The summed E-state index contributed by atoms with van der Waals surface area (Å²) < 4.78 is 0. The smallest absolute Gasteiger partial charge is 0.0681 e. The number of benzene rings is 1. The standard InChI is InChI=1S/C10H14O/c1-3-10-5-4-9(7-11)6-8(10)2/h4-6,11H,3,7H2,1-2H3. The molecule has 0 heterocycles. The minimum Gasteiger partial charge on any atom is -0.392 e. The van der Waals surface area contributed by atoms with E-state index in [0.717, 1.165) is 12.0 Å². The van der Waals surface area contributed by atoms with Crippen molar-refractivity contribution in [2.24, 2.45) is 0 Å². The number of rotatable bonds is 2. The summed E-state index contributed by atoms with van der Waals surface area (Å²) in [5.74, 6) is 0. The van der Waals surface area contributed by atoms with E-state index in [2.05, 4.69) is 19.9 Å². The van der Waals surface area contributed by atoms with Gasteiger partial charge in [0, 0.05) is 0 Å². The fourth-order valence-electron chi connectivity index (χ4n) is 1.25. The van der Waals surface area contributed by atoms with Crippen LogP contribution in [0.2, 0.25) is 0 Å². The van der Waals surface area contributed by atoms with Crippen molar-refractivity contribution in [3.05, 3.63) is 34.9 Å². The molecule has 0 aliphatic heterocycles. The largest absolute Gasteiger partial charge is 0.392 e. The lowest BCUT2D eigenvalue weighted by Crippen LogP contribution is -1.89. The van der Waals surface area contributed by atoms with E-state index in [9.17, 15) is 0 Å². The second-order valence-electron chi connectivity index (χ2n) is 2.77. The lowest BCUT2D eigenvalue weighted by Gasteiger charge is -2.03. The van der Waals surface area contributed by atoms with Gasteiger partial charge in [-0.2, -0.15) is 0 Å². The van der Waals surface area contributed by atoms with Gasteiger partial charge in [-0.3, -0.25) is 0 Å². The Labute approximate surface area is 67.7 Å². The molecule has 0 radical (unpaired) electrons. The maximum atomic E-state index is 8.83. The van der Waals surface area contributed by atoms with Gasteiger partial charge in [-0.1, -0.05) is 25.1 Å². The van der Waals surface area contributed by atoms with Crippen molar-refractivity contribution in [1.82, 2.24) is 0 Å². The zero-order chi connectivity index (χ0) is 8.27. The van der Waals surface area contributed by atoms with Gasteiger partial charge in [-0.05, 0) is 30.0 Å². The molecule has 0 atom stereocenters. The van der Waals surface area contributed by atoms with Crippen molar-refractivity contribution in [2.75, 3.05) is 0 Å². The molecule has 0 fully saturated rings. The van der Waals surface area contributed by atoms with E-state index in [1.807, 2.05) is 12.1 Å². The third-order valence-corrected chi connectivity index (χ3v) is 1.97. The van der Waals surface area contributed by atoms with Crippen LogP contribution in [0.1, 0.15) is 23.6 Å². The lowest BCUT2D eigenvalue weighted by molar-refractivity contribution is 0.281. The molecule has 11 heavy (non-hydrogen) atoms. The normalized spacial score (nSPS) is 10.1. The third-order valence-electron chi connectivity index (χ3n) is 1.97. The molecular weight excluding hydrogens is 136 g/mol. The van der Waals surface area contributed by atoms with Gasteiger partial charge >= 0.3 is 0 Å². The molecule has 0 spiro atoms. The molecule has 0 bridgehead atoms. The molecule has 1 aromatic rings. The van der Waals surface area contributed by atoms with E-state index < -0.39 is 0 Å². The summed E-state index contributed by atoms with van der Waals surface area (Å²) in [5.41, 5.74) is 3.64. The SMILES string of the molecule is CCc1ccc(CO)cc1C. The summed E-state index contributed by atoms with van der Waals surface area (Å²) in [7, 11) is 0. The van der Waals surface area contributed by atoms with Gasteiger partial charge in [0.1, 0.15) is 0 Å². The van der Waals surface area contributed by atoms with Crippen molar-refractivity contribution in [1.29, 1.82) is 0 Å². The first-order chi connectivity index (χ1) is 5.27. The third kappa shape index (κ3) is 1.81. The van der Waals surface area contributed by atoms with Gasteiger partial charge in [0.25, 0.3) is 0 Å². The van der Waals surface area contributed by atoms with E-state index >= 15 is 0 Å². The number of hydrogen-bond acceptors (Lipinski definition) is 1. The lowest BCUT2D eigenvalue weighted by atomic mass is 10.0. The van der Waals surface area contributed by atoms with Crippen LogP contribution in [0.4, 0.5) is 0 Å². The van der Waals surface area contributed by atoms with Crippen molar-refractivity contribution < 1.29 is 5.11 Å². The molecule has 1 heteroatoms. The first-order valence-corrected chi connectivity index (χ1v) is 3.97. The fourth-order valence-corrected chi connectivity index (χ4v) is 1.25. The Morgan fingerprint density at radius 1 is 1.36 bits per heavy atom. The maximum absolute atomic E-state index is 8.83. The van der Waals surface area contributed by atoms with Crippen molar-refractivity contribution in [2.45, 2.75) is 26.9 Å². The second-order valence-corrected chi connectivity index (χ2v) is 2.77. The highest BCUT2D eigenvalue weighted by Crippen LogP contribution is 2.11. The number of hydrogen-bond donors (Lipinski definition) is 1. The van der Waals surface area contributed by atoms with Gasteiger partial charge in [-0.25, -0.2) is 0 Å². The minimum atomic E-state index is 0.144. The second kappa shape index (κ2) is 3.54. The van der Waals surface area contributed by atoms with E-state index in [1.165, 1.54) is 11.1 Å². The summed E-state index contributed by atoms with van der Waals surface area (Å²) in [6.45, 7) is 4.36. The maximum Gasteiger partial charge on any atom is 0.0681 e. The molecule has 60 valence electrons. The average Bonchev–Trinajstić information content (AvgIpc) is 2.04. The van der Waals surface area contributed by atoms with Crippen LogP contribution in [-0.4, -0.2) is 5.11 Å². The van der Waals surface area contributed by atoms with Gasteiger partial charge in [0.05, 0.1) is 6.61 Å². The Morgan fingerprint density at radius 2 is 2.09 bits per heavy atom. The molecule has 1 rings (SSSR count). The molecule has 0 aliphatic carbocycles. The van der Waals surface area contributed by atoms with Gasteiger partial charge in [0.15, 0.2) is 0 Å². The molecule has 0 aromatic heterocycles. The molecular formula is C10H14O. The number of aliphatic hydroxyl groups is 1. The first kappa shape index (κ1) is 8.28. The Bertz CT molecular complexity index is 241. The zero-order valence-electron chi connectivity index (χ0n) is 7.09. The van der Waals surface area contributed by atoms with E-state index in [4.69, 9.17) is 5.11 Å². The number of aryl methyl sites for hydroxylation is 2. The predicted molar refractivity (Wildman–Crippen MR) is 46.5 cm³/mol. The Hall–Kier alpha value is -0.820. The van der Waals surface area contributed by atoms with Crippen molar-refractivity contribution in [3.8, 4) is 0 Å². The quantitative estimate of drug-likeness (QED) is 0.684. The minimum absolute atomic E-state index is 0.144. The summed E-state index contributed by atoms with van der Waals surface area (Å²) in [6.07, 6.45) is 1.07. The van der Waals surface area contributed by atoms with E-state index in [-0.39, 0.29) is 6.61 Å². The topological polar surface area (TPSA) is 20.2 Å². The van der Waals surface area contributed by atoms with Crippen LogP contribution in [0.3, 0.4) is 0 Å². The van der Waals surface area contributed by atoms with Crippen molar-refractivity contribution >= 4 is 0 Å². The number of aliphatic hydroxyl groups excluding tert-OH is 1. The molecule has 0 amide bonds. The van der Waals surface area contributed by atoms with Crippen LogP contribution in [0.5, 0.6) is 0 Å². The van der Waals surface area contributed by atoms with Crippen LogP contribution >= 0.6 is 0 Å². The molecule has 1 N–H and O–H groups in total. The van der Waals surface area contributed by atoms with Crippen LogP contribution < -0.4 is 0 Å². The fraction of sp³-hybridized carbons (Fsp3) is 0.400.